The van der Waals surface area contributed by atoms with Gasteiger partial charge in [-0.2, -0.15) is 18.4 Å². The summed E-state index contributed by atoms with van der Waals surface area (Å²) >= 11 is 0. The first-order valence-electron chi connectivity index (χ1n) is 11.0. The quantitative estimate of drug-likeness (QED) is 0.533. The summed E-state index contributed by atoms with van der Waals surface area (Å²) in [5, 5.41) is 11.7. The molecule has 2 heterocycles. The van der Waals surface area contributed by atoms with Crippen molar-refractivity contribution >= 4 is 17.4 Å². The number of hydrogen-bond acceptors (Lipinski definition) is 5. The van der Waals surface area contributed by atoms with Crippen LogP contribution in [0.5, 0.6) is 0 Å². The van der Waals surface area contributed by atoms with Crippen LogP contribution in [0.25, 0.3) is 11.1 Å². The fourth-order valence-corrected chi connectivity index (χ4v) is 4.11. The fourth-order valence-electron chi connectivity index (χ4n) is 4.11. The van der Waals surface area contributed by atoms with Crippen molar-refractivity contribution in [2.75, 3.05) is 23.3 Å². The molecule has 6 nitrogen and oxygen atoms in total. The van der Waals surface area contributed by atoms with Crippen LogP contribution in [0.2, 0.25) is 0 Å². The van der Waals surface area contributed by atoms with Gasteiger partial charge in [-0.1, -0.05) is 12.1 Å². The van der Waals surface area contributed by atoms with Crippen molar-refractivity contribution in [3.8, 4) is 17.2 Å². The molecule has 0 saturated carbocycles. The summed E-state index contributed by atoms with van der Waals surface area (Å²) in [6, 6.07) is 14.4. The highest BCUT2D eigenvalue weighted by Crippen LogP contribution is 2.38. The first kappa shape index (κ1) is 24.2. The maximum Gasteiger partial charge on any atom is 0.417 e. The molecule has 1 aromatic heterocycles. The van der Waals surface area contributed by atoms with Gasteiger partial charge in [-0.15, -0.1) is 0 Å². The van der Waals surface area contributed by atoms with Gasteiger partial charge >= 0.3 is 6.18 Å². The third kappa shape index (κ3) is 5.61. The molecule has 35 heavy (non-hydrogen) atoms. The number of nitriles is 1. The number of nitrogens with zero attached hydrogens (tertiary/aromatic N) is 3. The van der Waals surface area contributed by atoms with E-state index in [4.69, 9.17) is 10.00 Å². The number of benzene rings is 2. The van der Waals surface area contributed by atoms with Crippen molar-refractivity contribution in [3.63, 3.8) is 0 Å². The average molecular weight is 480 g/mol. The molecule has 180 valence electrons. The van der Waals surface area contributed by atoms with Crippen molar-refractivity contribution in [3.05, 3.63) is 77.5 Å². The summed E-state index contributed by atoms with van der Waals surface area (Å²) in [4.78, 5) is 19.4. The van der Waals surface area contributed by atoms with Crippen molar-refractivity contribution in [2.24, 2.45) is 0 Å². The minimum Gasteiger partial charge on any atom is -0.372 e. The Morgan fingerprint density at radius 2 is 1.77 bits per heavy atom. The van der Waals surface area contributed by atoms with E-state index < -0.39 is 17.6 Å². The molecule has 0 aliphatic carbocycles. The van der Waals surface area contributed by atoms with Gasteiger partial charge in [-0.25, -0.2) is 4.98 Å². The number of alkyl halides is 3. The molecule has 1 fully saturated rings. The van der Waals surface area contributed by atoms with Crippen LogP contribution in [0.3, 0.4) is 0 Å². The second-order valence-corrected chi connectivity index (χ2v) is 8.47. The Labute approximate surface area is 201 Å². The maximum atomic E-state index is 13.6. The van der Waals surface area contributed by atoms with Crippen molar-refractivity contribution in [1.29, 1.82) is 5.26 Å². The topological polar surface area (TPSA) is 78.3 Å². The van der Waals surface area contributed by atoms with E-state index in [1.807, 2.05) is 19.9 Å². The van der Waals surface area contributed by atoms with Crippen LogP contribution in [-0.2, 0) is 10.9 Å². The Kier molecular flexibility index (Phi) is 6.76. The predicted octanol–water partition coefficient (Wildman–Crippen LogP) is 5.50. The summed E-state index contributed by atoms with van der Waals surface area (Å²) in [6.07, 6.45) is -2.94. The van der Waals surface area contributed by atoms with Gasteiger partial charge in [0.2, 0.25) is 0 Å². The van der Waals surface area contributed by atoms with Gasteiger partial charge in [0.1, 0.15) is 5.82 Å². The lowest BCUT2D eigenvalue weighted by Gasteiger charge is -2.36. The molecule has 1 N–H and O–H groups in total. The summed E-state index contributed by atoms with van der Waals surface area (Å²) < 4.78 is 46.6. The molecule has 1 aliphatic rings. The monoisotopic (exact) mass is 480 g/mol. The molecular formula is C26H23F3N4O2. The predicted molar refractivity (Wildman–Crippen MR) is 126 cm³/mol. The first-order chi connectivity index (χ1) is 16.6. The number of hydrogen-bond donors (Lipinski definition) is 1. The number of carbonyl (C=O) groups excluding carboxylic acids is 1. The molecule has 2 aromatic carbocycles. The lowest BCUT2D eigenvalue weighted by atomic mass is 9.96. The molecule has 0 bridgehead atoms. The van der Waals surface area contributed by atoms with E-state index in [0.717, 1.165) is 18.0 Å². The highest BCUT2D eigenvalue weighted by atomic mass is 19.4. The number of anilines is 2. The van der Waals surface area contributed by atoms with Gasteiger partial charge in [-0.05, 0) is 67.4 Å². The van der Waals surface area contributed by atoms with E-state index in [0.29, 0.717) is 24.3 Å². The van der Waals surface area contributed by atoms with Crippen LogP contribution in [0, 0.1) is 11.3 Å². The lowest BCUT2D eigenvalue weighted by molar-refractivity contribution is -0.137. The van der Waals surface area contributed by atoms with Crippen molar-refractivity contribution in [1.82, 2.24) is 4.98 Å². The Hall–Kier alpha value is -3.90. The summed E-state index contributed by atoms with van der Waals surface area (Å²) in [5.74, 6) is 0.194. The molecule has 1 amide bonds. The van der Waals surface area contributed by atoms with E-state index in [1.54, 1.807) is 12.1 Å². The van der Waals surface area contributed by atoms with Gasteiger partial charge in [-0.3, -0.25) is 4.79 Å². The van der Waals surface area contributed by atoms with E-state index in [9.17, 15) is 18.0 Å². The van der Waals surface area contributed by atoms with Crippen molar-refractivity contribution in [2.45, 2.75) is 32.2 Å². The van der Waals surface area contributed by atoms with Crippen LogP contribution < -0.4 is 10.2 Å². The smallest absolute Gasteiger partial charge is 0.372 e. The largest absolute Gasteiger partial charge is 0.417 e. The normalized spacial score (nSPS) is 18.1. The Bertz CT molecular complexity index is 1240. The standard InChI is InChI=1S/C26H23F3N4O2/c1-16-14-33(15-17(2)35-16)24-10-8-21(13-31-24)32-25(34)20-7-9-23(26(27,28)29)22(11-20)19-5-3-18(12-30)4-6-19/h3-11,13,16-17H,14-15H2,1-2H3,(H,32,34). The Morgan fingerprint density at radius 1 is 1.09 bits per heavy atom. The number of rotatable bonds is 4. The third-order valence-electron chi connectivity index (χ3n) is 5.66. The zero-order valence-corrected chi connectivity index (χ0v) is 19.1. The molecule has 0 spiro atoms. The van der Waals surface area contributed by atoms with Gasteiger partial charge in [0.15, 0.2) is 0 Å². The molecule has 2 atom stereocenters. The average Bonchev–Trinajstić information content (AvgIpc) is 2.83. The van der Waals surface area contributed by atoms with E-state index in [1.165, 1.54) is 36.5 Å². The molecule has 2 unspecified atom stereocenters. The van der Waals surface area contributed by atoms with Gasteiger partial charge in [0, 0.05) is 18.7 Å². The third-order valence-corrected chi connectivity index (χ3v) is 5.66. The zero-order chi connectivity index (χ0) is 25.2. The van der Waals surface area contributed by atoms with E-state index in [2.05, 4.69) is 15.2 Å². The van der Waals surface area contributed by atoms with Crippen molar-refractivity contribution < 1.29 is 22.7 Å². The van der Waals surface area contributed by atoms with Crippen LogP contribution in [-0.4, -0.2) is 36.2 Å². The number of nitrogens with one attached hydrogen (secondary N) is 1. The SMILES string of the molecule is CC1CN(c2ccc(NC(=O)c3ccc(C(F)(F)F)c(-c4ccc(C#N)cc4)c3)cn2)CC(C)O1. The molecule has 3 aromatic rings. The number of pyridine rings is 1. The molecule has 0 radical (unpaired) electrons. The summed E-state index contributed by atoms with van der Waals surface area (Å²) in [5.41, 5.74) is 0.0710. The molecule has 9 heteroatoms. The summed E-state index contributed by atoms with van der Waals surface area (Å²) in [6.45, 7) is 5.39. The van der Waals surface area contributed by atoms with Gasteiger partial charge in [0.05, 0.1) is 41.3 Å². The number of aromatic nitrogens is 1. The number of amides is 1. The van der Waals surface area contributed by atoms with Crippen LogP contribution in [0.1, 0.15) is 35.3 Å². The molecule has 4 rings (SSSR count). The molecule has 1 saturated heterocycles. The fraction of sp³-hybridized carbons (Fsp3) is 0.269. The first-order valence-corrected chi connectivity index (χ1v) is 11.0. The van der Waals surface area contributed by atoms with Gasteiger partial charge in [0.25, 0.3) is 5.91 Å². The number of halogens is 3. The Balaban J connectivity index is 1.56. The second-order valence-electron chi connectivity index (χ2n) is 8.47. The maximum absolute atomic E-state index is 13.6. The molecule has 1 aliphatic heterocycles. The van der Waals surface area contributed by atoms with E-state index in [-0.39, 0.29) is 28.9 Å². The highest BCUT2D eigenvalue weighted by molar-refractivity contribution is 6.05. The second kappa shape index (κ2) is 9.76. The van der Waals surface area contributed by atoms with Crippen LogP contribution >= 0.6 is 0 Å². The zero-order valence-electron chi connectivity index (χ0n) is 19.1. The Morgan fingerprint density at radius 3 is 2.34 bits per heavy atom. The van der Waals surface area contributed by atoms with Crippen LogP contribution in [0.15, 0.2) is 60.8 Å². The van der Waals surface area contributed by atoms with Gasteiger partial charge < -0.3 is 15.0 Å². The molecular weight excluding hydrogens is 457 g/mol. The van der Waals surface area contributed by atoms with Crippen LogP contribution in [0.4, 0.5) is 24.7 Å². The minimum atomic E-state index is -4.60. The highest BCUT2D eigenvalue weighted by Gasteiger charge is 2.34. The summed E-state index contributed by atoms with van der Waals surface area (Å²) in [7, 11) is 0. The number of morpholine rings is 1. The number of ether oxygens (including phenoxy) is 1. The van der Waals surface area contributed by atoms with E-state index >= 15 is 0 Å². The number of carbonyl (C=O) groups is 1. The minimum absolute atomic E-state index is 0.0669. The lowest BCUT2D eigenvalue weighted by Crippen LogP contribution is -2.45.